The van der Waals surface area contributed by atoms with Gasteiger partial charge >= 0.3 is 5.97 Å². The fourth-order valence-electron chi connectivity index (χ4n) is 2.72. The van der Waals surface area contributed by atoms with Gasteiger partial charge in [0.1, 0.15) is 6.61 Å². The van der Waals surface area contributed by atoms with Crippen molar-refractivity contribution in [2.24, 2.45) is 0 Å². The highest BCUT2D eigenvalue weighted by atomic mass is 35.5. The van der Waals surface area contributed by atoms with E-state index in [2.05, 4.69) is 6.07 Å². The highest BCUT2D eigenvalue weighted by Gasteiger charge is 2.12. The quantitative estimate of drug-likeness (QED) is 0.283. The van der Waals surface area contributed by atoms with Gasteiger partial charge in [0, 0.05) is 0 Å². The van der Waals surface area contributed by atoms with Crippen molar-refractivity contribution in [2.45, 2.75) is 6.61 Å². The lowest BCUT2D eigenvalue weighted by molar-refractivity contribution is 0.0697. The van der Waals surface area contributed by atoms with Crippen molar-refractivity contribution in [3.63, 3.8) is 0 Å². The molecule has 1 N–H and O–H groups in total. The number of hydrogen-bond acceptors (Lipinski definition) is 3. The summed E-state index contributed by atoms with van der Waals surface area (Å²) in [5.74, 6) is -0.736. The SMILES string of the molecule is N#CC(=Cc1cc(Cl)c(OCc2ccc(Cl)c(Cl)c2)c(Cl)c1)c1ccc(C(=O)O)cc1. The van der Waals surface area contributed by atoms with Gasteiger partial charge in [-0.2, -0.15) is 5.26 Å². The molecule has 0 aliphatic heterocycles. The number of benzene rings is 3. The van der Waals surface area contributed by atoms with Gasteiger partial charge in [0.25, 0.3) is 0 Å². The summed E-state index contributed by atoms with van der Waals surface area (Å²) in [5, 5.41) is 19.9. The van der Waals surface area contributed by atoms with Gasteiger partial charge in [-0.1, -0.05) is 64.6 Å². The number of carbonyl (C=O) groups is 1. The highest BCUT2D eigenvalue weighted by Crippen LogP contribution is 2.36. The van der Waals surface area contributed by atoms with Crippen molar-refractivity contribution in [1.29, 1.82) is 5.26 Å². The van der Waals surface area contributed by atoms with Gasteiger partial charge < -0.3 is 9.84 Å². The van der Waals surface area contributed by atoms with Crippen molar-refractivity contribution < 1.29 is 14.6 Å². The first-order valence-corrected chi connectivity index (χ1v) is 10.3. The first-order valence-electron chi connectivity index (χ1n) is 8.80. The summed E-state index contributed by atoms with van der Waals surface area (Å²) in [6.45, 7) is 0.185. The molecule has 3 rings (SSSR count). The van der Waals surface area contributed by atoms with Crippen molar-refractivity contribution >= 4 is 64.0 Å². The van der Waals surface area contributed by atoms with Gasteiger partial charge in [-0.05, 0) is 59.2 Å². The van der Waals surface area contributed by atoms with Crippen LogP contribution in [0.5, 0.6) is 5.75 Å². The maximum atomic E-state index is 11.0. The molecule has 4 nitrogen and oxygen atoms in total. The Kier molecular flexibility index (Phi) is 7.48. The lowest BCUT2D eigenvalue weighted by Gasteiger charge is -2.12. The lowest BCUT2D eigenvalue weighted by atomic mass is 10.0. The predicted molar refractivity (Wildman–Crippen MR) is 124 cm³/mol. The van der Waals surface area contributed by atoms with E-state index < -0.39 is 5.97 Å². The fourth-order valence-corrected chi connectivity index (χ4v) is 3.66. The zero-order chi connectivity index (χ0) is 22.5. The molecule has 0 aliphatic carbocycles. The summed E-state index contributed by atoms with van der Waals surface area (Å²) in [6.07, 6.45) is 1.61. The molecule has 3 aromatic carbocycles. The molecule has 0 radical (unpaired) electrons. The second-order valence-electron chi connectivity index (χ2n) is 6.40. The van der Waals surface area contributed by atoms with Crippen molar-refractivity contribution in [3.8, 4) is 11.8 Å². The Balaban J connectivity index is 1.83. The molecule has 0 heterocycles. The number of hydrogen-bond donors (Lipinski definition) is 1. The molecule has 0 fully saturated rings. The van der Waals surface area contributed by atoms with Crippen molar-refractivity contribution in [3.05, 3.63) is 96.9 Å². The second-order valence-corrected chi connectivity index (χ2v) is 8.03. The number of aromatic carboxylic acids is 1. The van der Waals surface area contributed by atoms with E-state index >= 15 is 0 Å². The third-order valence-corrected chi connectivity index (χ3v) is 5.56. The summed E-state index contributed by atoms with van der Waals surface area (Å²) in [6, 6.07) is 16.5. The van der Waals surface area contributed by atoms with Gasteiger partial charge in [0.05, 0.1) is 37.3 Å². The number of rotatable bonds is 6. The molecule has 31 heavy (non-hydrogen) atoms. The maximum Gasteiger partial charge on any atom is 0.335 e. The summed E-state index contributed by atoms with van der Waals surface area (Å²) < 4.78 is 5.75. The van der Waals surface area contributed by atoms with E-state index in [1.54, 1.807) is 48.5 Å². The number of ether oxygens (including phenoxy) is 1. The van der Waals surface area contributed by atoms with Crippen molar-refractivity contribution in [2.75, 3.05) is 0 Å². The molecule has 0 bridgehead atoms. The Morgan fingerprint density at radius 2 is 1.52 bits per heavy atom. The molecule has 156 valence electrons. The number of carboxylic acids is 1. The Bertz CT molecular complexity index is 1190. The molecule has 0 saturated carbocycles. The third-order valence-electron chi connectivity index (χ3n) is 4.26. The molecule has 0 atom stereocenters. The van der Waals surface area contributed by atoms with Gasteiger partial charge in [0.2, 0.25) is 0 Å². The molecule has 8 heteroatoms. The molecular formula is C23H13Cl4NO3. The Hall–Kier alpha value is -2.68. The topological polar surface area (TPSA) is 70.3 Å². The number of nitriles is 1. The third kappa shape index (κ3) is 5.72. The van der Waals surface area contributed by atoms with Gasteiger partial charge in [-0.3, -0.25) is 0 Å². The van der Waals surface area contributed by atoms with Crippen LogP contribution in [0.25, 0.3) is 11.6 Å². The number of halogens is 4. The summed E-state index contributed by atoms with van der Waals surface area (Å²) in [7, 11) is 0. The summed E-state index contributed by atoms with van der Waals surface area (Å²) in [4.78, 5) is 11.0. The average molecular weight is 493 g/mol. The molecule has 0 saturated heterocycles. The smallest absolute Gasteiger partial charge is 0.335 e. The van der Waals surface area contributed by atoms with E-state index in [0.29, 0.717) is 32.5 Å². The molecule has 0 aliphatic rings. The van der Waals surface area contributed by atoms with Gasteiger partial charge in [-0.25, -0.2) is 4.79 Å². The van der Waals surface area contributed by atoms with Crippen LogP contribution in [0.15, 0.2) is 54.6 Å². The van der Waals surface area contributed by atoms with Crippen LogP contribution in [-0.4, -0.2) is 11.1 Å². The van der Waals surface area contributed by atoms with Crippen LogP contribution in [0.1, 0.15) is 27.0 Å². The first kappa shape index (κ1) is 23.0. The van der Waals surface area contributed by atoms with Crippen LogP contribution in [0.3, 0.4) is 0 Å². The van der Waals surface area contributed by atoms with Crippen LogP contribution in [0.2, 0.25) is 20.1 Å². The zero-order valence-electron chi connectivity index (χ0n) is 15.7. The standard InChI is InChI=1S/C23H13Cl4NO3/c24-18-6-1-13(8-19(18)25)12-31-22-20(26)9-14(10-21(22)27)7-17(11-28)15-2-4-16(5-3-15)23(29)30/h1-10H,12H2,(H,29,30). The lowest BCUT2D eigenvalue weighted by Crippen LogP contribution is -1.97. The summed E-state index contributed by atoms with van der Waals surface area (Å²) in [5.41, 5.74) is 2.42. The number of allylic oxidation sites excluding steroid dienone is 1. The van der Waals surface area contributed by atoms with E-state index in [9.17, 15) is 10.1 Å². The minimum absolute atomic E-state index is 0.135. The number of carboxylic acid groups (broad SMARTS) is 1. The molecule has 0 aromatic heterocycles. The molecule has 3 aromatic rings. The second kappa shape index (κ2) is 10.1. The van der Waals surface area contributed by atoms with Crippen LogP contribution in [0, 0.1) is 11.3 Å². The van der Waals surface area contributed by atoms with E-state index in [1.165, 1.54) is 12.1 Å². The predicted octanol–water partition coefficient (Wildman–Crippen LogP) is 7.64. The molecule has 0 spiro atoms. The van der Waals surface area contributed by atoms with Crippen molar-refractivity contribution in [1.82, 2.24) is 0 Å². The minimum Gasteiger partial charge on any atom is -0.486 e. The molecule has 0 unspecified atom stereocenters. The van der Waals surface area contributed by atoms with Crippen LogP contribution >= 0.6 is 46.4 Å². The number of nitrogens with zero attached hydrogens (tertiary/aromatic N) is 1. The Morgan fingerprint density at radius 3 is 2.06 bits per heavy atom. The summed E-state index contributed by atoms with van der Waals surface area (Å²) >= 11 is 24.6. The van der Waals surface area contributed by atoms with Gasteiger partial charge in [0.15, 0.2) is 5.75 Å². The molecule has 0 amide bonds. The Morgan fingerprint density at radius 1 is 0.903 bits per heavy atom. The maximum absolute atomic E-state index is 11.0. The van der Waals surface area contributed by atoms with E-state index in [1.807, 2.05) is 0 Å². The van der Waals surface area contributed by atoms with Crippen LogP contribution < -0.4 is 4.74 Å². The average Bonchev–Trinajstić information content (AvgIpc) is 2.74. The normalized spacial score (nSPS) is 11.1. The highest BCUT2D eigenvalue weighted by molar-refractivity contribution is 6.42. The monoisotopic (exact) mass is 491 g/mol. The Labute approximate surface area is 198 Å². The fraction of sp³-hybridized carbons (Fsp3) is 0.0435. The van der Waals surface area contributed by atoms with E-state index in [4.69, 9.17) is 56.2 Å². The van der Waals surface area contributed by atoms with Crippen LogP contribution in [0.4, 0.5) is 0 Å². The van der Waals surface area contributed by atoms with E-state index in [0.717, 1.165) is 5.56 Å². The minimum atomic E-state index is -1.04. The van der Waals surface area contributed by atoms with Gasteiger partial charge in [-0.15, -0.1) is 0 Å². The largest absolute Gasteiger partial charge is 0.486 e. The van der Waals surface area contributed by atoms with Crippen LogP contribution in [-0.2, 0) is 6.61 Å². The van der Waals surface area contributed by atoms with E-state index in [-0.39, 0.29) is 22.2 Å². The first-order chi connectivity index (χ1) is 14.8. The molecular weight excluding hydrogens is 480 g/mol. The zero-order valence-corrected chi connectivity index (χ0v) is 18.7.